The van der Waals surface area contributed by atoms with E-state index < -0.39 is 0 Å². The van der Waals surface area contributed by atoms with Gasteiger partial charge in [-0.25, -0.2) is 0 Å². The van der Waals surface area contributed by atoms with Crippen molar-refractivity contribution in [2.75, 3.05) is 11.4 Å². The number of rotatable bonds is 2. The van der Waals surface area contributed by atoms with Crippen LogP contribution in [0.5, 0.6) is 0 Å². The molecule has 1 aliphatic rings. The Hall–Kier alpha value is -1.80. The van der Waals surface area contributed by atoms with Gasteiger partial charge >= 0.3 is 0 Å². The number of aryl methyl sites for hydroxylation is 1. The number of carbonyl (C=O) groups excluding carboxylic acids is 1. The number of anilines is 1. The fourth-order valence-corrected chi connectivity index (χ4v) is 2.84. The zero-order valence-corrected chi connectivity index (χ0v) is 12.2. The molecule has 1 heterocycles. The zero-order valence-electron chi connectivity index (χ0n) is 11.4. The Morgan fingerprint density at radius 2 is 2.00 bits per heavy atom. The van der Waals surface area contributed by atoms with Gasteiger partial charge in [0.1, 0.15) is 0 Å². The SMILES string of the molecule is Cc1ccc(Cl)cc1-c1cccc(N2CCCC2=O)c1. The van der Waals surface area contributed by atoms with Crippen molar-refractivity contribution in [2.45, 2.75) is 19.8 Å². The van der Waals surface area contributed by atoms with Crippen molar-refractivity contribution >= 4 is 23.2 Å². The van der Waals surface area contributed by atoms with Gasteiger partial charge < -0.3 is 4.90 Å². The fraction of sp³-hybridized carbons (Fsp3) is 0.235. The lowest BCUT2D eigenvalue weighted by atomic mass is 10.00. The molecule has 0 radical (unpaired) electrons. The third-order valence-electron chi connectivity index (χ3n) is 3.74. The van der Waals surface area contributed by atoms with E-state index in [1.165, 1.54) is 5.56 Å². The molecule has 1 aliphatic heterocycles. The fourth-order valence-electron chi connectivity index (χ4n) is 2.67. The zero-order chi connectivity index (χ0) is 14.1. The summed E-state index contributed by atoms with van der Waals surface area (Å²) in [6.45, 7) is 2.89. The van der Waals surface area contributed by atoms with E-state index in [0.717, 1.165) is 34.8 Å². The summed E-state index contributed by atoms with van der Waals surface area (Å²) >= 11 is 6.09. The molecule has 0 spiro atoms. The van der Waals surface area contributed by atoms with Crippen LogP contribution >= 0.6 is 11.6 Å². The summed E-state index contributed by atoms with van der Waals surface area (Å²) in [6, 6.07) is 14.0. The van der Waals surface area contributed by atoms with Gasteiger partial charge in [-0.2, -0.15) is 0 Å². The Labute approximate surface area is 124 Å². The molecule has 2 nitrogen and oxygen atoms in total. The van der Waals surface area contributed by atoms with Crippen LogP contribution in [0.2, 0.25) is 5.02 Å². The minimum Gasteiger partial charge on any atom is -0.312 e. The maximum atomic E-state index is 11.8. The minimum atomic E-state index is 0.213. The van der Waals surface area contributed by atoms with Crippen LogP contribution in [0.15, 0.2) is 42.5 Å². The van der Waals surface area contributed by atoms with Crippen molar-refractivity contribution in [3.8, 4) is 11.1 Å². The Bertz CT molecular complexity index is 666. The predicted molar refractivity (Wildman–Crippen MR) is 83.2 cm³/mol. The second-order valence-electron chi connectivity index (χ2n) is 5.16. The second kappa shape index (κ2) is 5.29. The van der Waals surface area contributed by atoms with E-state index in [9.17, 15) is 4.79 Å². The Balaban J connectivity index is 2.03. The molecular formula is C17H16ClNO. The van der Waals surface area contributed by atoms with E-state index in [-0.39, 0.29) is 5.91 Å². The van der Waals surface area contributed by atoms with Crippen LogP contribution in [-0.2, 0) is 4.79 Å². The topological polar surface area (TPSA) is 20.3 Å². The van der Waals surface area contributed by atoms with Crippen LogP contribution < -0.4 is 4.90 Å². The number of carbonyl (C=O) groups is 1. The molecule has 1 fully saturated rings. The van der Waals surface area contributed by atoms with Crippen molar-refractivity contribution in [1.29, 1.82) is 0 Å². The van der Waals surface area contributed by atoms with E-state index in [0.29, 0.717) is 6.42 Å². The highest BCUT2D eigenvalue weighted by atomic mass is 35.5. The molecule has 0 aliphatic carbocycles. The van der Waals surface area contributed by atoms with Crippen LogP contribution in [-0.4, -0.2) is 12.5 Å². The molecule has 102 valence electrons. The molecule has 0 unspecified atom stereocenters. The number of halogens is 1. The molecule has 20 heavy (non-hydrogen) atoms. The van der Waals surface area contributed by atoms with Crippen molar-refractivity contribution < 1.29 is 4.79 Å². The second-order valence-corrected chi connectivity index (χ2v) is 5.59. The average molecular weight is 286 g/mol. The van der Waals surface area contributed by atoms with E-state index in [2.05, 4.69) is 19.1 Å². The molecule has 1 amide bonds. The minimum absolute atomic E-state index is 0.213. The third kappa shape index (κ3) is 2.44. The quantitative estimate of drug-likeness (QED) is 0.799. The summed E-state index contributed by atoms with van der Waals surface area (Å²) in [6.07, 6.45) is 1.60. The van der Waals surface area contributed by atoms with Crippen molar-refractivity contribution in [1.82, 2.24) is 0 Å². The third-order valence-corrected chi connectivity index (χ3v) is 3.98. The number of hydrogen-bond donors (Lipinski definition) is 0. The van der Waals surface area contributed by atoms with Gasteiger partial charge in [0.15, 0.2) is 0 Å². The van der Waals surface area contributed by atoms with Gasteiger partial charge in [-0.1, -0.05) is 29.8 Å². The molecular weight excluding hydrogens is 270 g/mol. The van der Waals surface area contributed by atoms with Crippen molar-refractivity contribution in [3.63, 3.8) is 0 Å². The van der Waals surface area contributed by atoms with Gasteiger partial charge in [-0.05, 0) is 54.3 Å². The van der Waals surface area contributed by atoms with Crippen LogP contribution in [0, 0.1) is 6.92 Å². The molecule has 2 aromatic carbocycles. The van der Waals surface area contributed by atoms with Gasteiger partial charge in [-0.3, -0.25) is 4.79 Å². The van der Waals surface area contributed by atoms with Crippen LogP contribution in [0.4, 0.5) is 5.69 Å². The summed E-state index contributed by atoms with van der Waals surface area (Å²) in [4.78, 5) is 13.7. The Morgan fingerprint density at radius 3 is 2.75 bits per heavy atom. The van der Waals surface area contributed by atoms with Crippen LogP contribution in [0.1, 0.15) is 18.4 Å². The van der Waals surface area contributed by atoms with Crippen molar-refractivity contribution in [3.05, 3.63) is 53.1 Å². The number of nitrogens with zero attached hydrogens (tertiary/aromatic N) is 1. The molecule has 0 aromatic heterocycles. The van der Waals surface area contributed by atoms with Crippen LogP contribution in [0.25, 0.3) is 11.1 Å². The summed E-state index contributed by atoms with van der Waals surface area (Å²) in [5.41, 5.74) is 4.37. The van der Waals surface area contributed by atoms with E-state index >= 15 is 0 Å². The monoisotopic (exact) mass is 285 g/mol. The molecule has 0 saturated carbocycles. The number of hydrogen-bond acceptors (Lipinski definition) is 1. The molecule has 0 atom stereocenters. The first kappa shape index (κ1) is 13.2. The average Bonchev–Trinajstić information content (AvgIpc) is 2.88. The highest BCUT2D eigenvalue weighted by molar-refractivity contribution is 6.30. The lowest BCUT2D eigenvalue weighted by Gasteiger charge is -2.17. The predicted octanol–water partition coefficient (Wildman–Crippen LogP) is 4.44. The van der Waals surface area contributed by atoms with Gasteiger partial charge in [-0.15, -0.1) is 0 Å². The van der Waals surface area contributed by atoms with Gasteiger partial charge in [0.25, 0.3) is 0 Å². The summed E-state index contributed by atoms with van der Waals surface area (Å²) in [5.74, 6) is 0.213. The molecule has 1 saturated heterocycles. The van der Waals surface area contributed by atoms with Gasteiger partial charge in [0.2, 0.25) is 5.91 Å². The first-order valence-corrected chi connectivity index (χ1v) is 7.20. The summed E-state index contributed by atoms with van der Waals surface area (Å²) in [5, 5.41) is 0.730. The standard InChI is InChI=1S/C17H16ClNO/c1-12-7-8-14(18)11-16(12)13-4-2-5-15(10-13)19-9-3-6-17(19)20/h2,4-5,7-8,10-11H,3,6,9H2,1H3. The first-order valence-electron chi connectivity index (χ1n) is 6.82. The maximum absolute atomic E-state index is 11.8. The van der Waals surface area contributed by atoms with Gasteiger partial charge in [0, 0.05) is 23.7 Å². The largest absolute Gasteiger partial charge is 0.312 e. The molecule has 3 rings (SSSR count). The molecule has 3 heteroatoms. The molecule has 0 N–H and O–H groups in total. The molecule has 0 bridgehead atoms. The Morgan fingerprint density at radius 1 is 1.15 bits per heavy atom. The Kier molecular flexibility index (Phi) is 3.49. The molecule has 2 aromatic rings. The first-order chi connectivity index (χ1) is 9.65. The van der Waals surface area contributed by atoms with E-state index in [4.69, 9.17) is 11.6 Å². The van der Waals surface area contributed by atoms with E-state index in [1.54, 1.807) is 0 Å². The van der Waals surface area contributed by atoms with E-state index in [1.807, 2.05) is 35.2 Å². The lowest BCUT2D eigenvalue weighted by Crippen LogP contribution is -2.23. The normalized spacial score (nSPS) is 14.9. The number of benzene rings is 2. The van der Waals surface area contributed by atoms with Crippen LogP contribution in [0.3, 0.4) is 0 Å². The summed E-state index contributed by atoms with van der Waals surface area (Å²) < 4.78 is 0. The highest BCUT2D eigenvalue weighted by Gasteiger charge is 2.21. The van der Waals surface area contributed by atoms with Gasteiger partial charge in [0.05, 0.1) is 0 Å². The smallest absolute Gasteiger partial charge is 0.227 e. The maximum Gasteiger partial charge on any atom is 0.227 e. The van der Waals surface area contributed by atoms with Crippen molar-refractivity contribution in [2.24, 2.45) is 0 Å². The lowest BCUT2D eigenvalue weighted by molar-refractivity contribution is -0.117. The number of amides is 1. The highest BCUT2D eigenvalue weighted by Crippen LogP contribution is 2.30. The summed E-state index contributed by atoms with van der Waals surface area (Å²) in [7, 11) is 0.